The van der Waals surface area contributed by atoms with Gasteiger partial charge in [0.2, 0.25) is 0 Å². The maximum absolute atomic E-state index is 12.8. The van der Waals surface area contributed by atoms with Crippen molar-refractivity contribution in [3.05, 3.63) is 46.5 Å². The predicted octanol–water partition coefficient (Wildman–Crippen LogP) is 3.57. The quantitative estimate of drug-likeness (QED) is 0.584. The number of amides is 2. The summed E-state index contributed by atoms with van der Waals surface area (Å²) in [4.78, 5) is 28.4. The molecule has 0 saturated carbocycles. The summed E-state index contributed by atoms with van der Waals surface area (Å²) in [5, 5.41) is 9.34. The topological polar surface area (TPSA) is 64.4 Å². The molecule has 0 unspecified atom stereocenters. The van der Waals surface area contributed by atoms with Gasteiger partial charge >= 0.3 is 0 Å². The van der Waals surface area contributed by atoms with Crippen LogP contribution >= 0.6 is 12.4 Å². The molecule has 1 aliphatic heterocycles. The van der Waals surface area contributed by atoms with Crippen LogP contribution in [0.4, 0.5) is 5.69 Å². The van der Waals surface area contributed by atoms with Gasteiger partial charge in [0.1, 0.15) is 11.6 Å². The van der Waals surface area contributed by atoms with E-state index < -0.39 is 5.91 Å². The second-order valence-corrected chi connectivity index (χ2v) is 6.27. The number of imide groups is 1. The van der Waals surface area contributed by atoms with Crippen LogP contribution in [-0.4, -0.2) is 37.4 Å². The van der Waals surface area contributed by atoms with E-state index in [4.69, 9.17) is 0 Å². The maximum Gasteiger partial charge on any atom is 0.271 e. The van der Waals surface area contributed by atoms with Crippen LogP contribution in [0.2, 0.25) is 0 Å². The highest BCUT2D eigenvalue weighted by atomic mass is 35.5. The van der Waals surface area contributed by atoms with E-state index >= 15 is 0 Å². The average Bonchev–Trinajstić information content (AvgIpc) is 2.59. The lowest BCUT2D eigenvalue weighted by Crippen LogP contribution is -2.43. The van der Waals surface area contributed by atoms with E-state index in [9.17, 15) is 14.9 Å². The molecule has 1 aliphatic rings. The van der Waals surface area contributed by atoms with Crippen LogP contribution < -0.4 is 4.90 Å². The molecule has 0 aliphatic carbocycles. The molecule has 0 fully saturated rings. The summed E-state index contributed by atoms with van der Waals surface area (Å²) in [5.41, 5.74) is 2.82. The van der Waals surface area contributed by atoms with Crippen molar-refractivity contribution in [2.24, 2.45) is 0 Å². The van der Waals surface area contributed by atoms with Gasteiger partial charge in [0.05, 0.1) is 0 Å². The number of unbranched alkanes of at least 4 members (excludes halogenated alkanes) is 1. The SMILES string of the molecule is CCCCN1C(=O)C(C#N)=C(C)/C(=C/c2ccc(N(C)C)cc2)C1=O.Cl. The van der Waals surface area contributed by atoms with Gasteiger partial charge in [-0.3, -0.25) is 14.5 Å². The fourth-order valence-corrected chi connectivity index (χ4v) is 2.68. The third-order valence-corrected chi connectivity index (χ3v) is 4.28. The molecule has 6 heteroatoms. The monoisotopic (exact) mass is 373 g/mol. The van der Waals surface area contributed by atoms with Crippen LogP contribution in [0.25, 0.3) is 6.08 Å². The summed E-state index contributed by atoms with van der Waals surface area (Å²) in [6, 6.07) is 9.72. The normalized spacial score (nSPS) is 15.8. The Labute approximate surface area is 161 Å². The maximum atomic E-state index is 12.8. The minimum atomic E-state index is -0.487. The second-order valence-electron chi connectivity index (χ2n) is 6.27. The van der Waals surface area contributed by atoms with Gasteiger partial charge in [-0.25, -0.2) is 0 Å². The number of benzene rings is 1. The third-order valence-electron chi connectivity index (χ3n) is 4.28. The first-order chi connectivity index (χ1) is 11.9. The minimum Gasteiger partial charge on any atom is -0.378 e. The van der Waals surface area contributed by atoms with Crippen molar-refractivity contribution in [1.82, 2.24) is 4.90 Å². The molecule has 0 bridgehead atoms. The fourth-order valence-electron chi connectivity index (χ4n) is 2.68. The Balaban J connectivity index is 0.00000338. The number of anilines is 1. The predicted molar refractivity (Wildman–Crippen MR) is 106 cm³/mol. The third kappa shape index (κ3) is 4.33. The highest BCUT2D eigenvalue weighted by molar-refractivity contribution is 6.19. The highest BCUT2D eigenvalue weighted by Gasteiger charge is 2.34. The molecule has 0 saturated heterocycles. The van der Waals surface area contributed by atoms with E-state index in [1.165, 1.54) is 4.90 Å². The molecule has 2 rings (SSSR count). The first kappa shape index (κ1) is 21.5. The van der Waals surface area contributed by atoms with E-state index in [0.29, 0.717) is 17.7 Å². The van der Waals surface area contributed by atoms with Gasteiger partial charge in [-0.15, -0.1) is 12.4 Å². The molecule has 5 nitrogen and oxygen atoms in total. The molecule has 1 aromatic carbocycles. The number of nitriles is 1. The number of nitrogens with zero attached hydrogens (tertiary/aromatic N) is 3. The Morgan fingerprint density at radius 2 is 1.77 bits per heavy atom. The number of hydrogen-bond donors (Lipinski definition) is 0. The molecule has 26 heavy (non-hydrogen) atoms. The zero-order valence-corrected chi connectivity index (χ0v) is 16.4. The largest absolute Gasteiger partial charge is 0.378 e. The van der Waals surface area contributed by atoms with Gasteiger partial charge in [-0.2, -0.15) is 5.26 Å². The average molecular weight is 374 g/mol. The lowest BCUT2D eigenvalue weighted by molar-refractivity contribution is -0.140. The molecule has 1 heterocycles. The molecule has 1 aromatic rings. The second kappa shape index (κ2) is 9.21. The van der Waals surface area contributed by atoms with Crippen molar-refractivity contribution in [3.8, 4) is 6.07 Å². The first-order valence-corrected chi connectivity index (χ1v) is 8.37. The Kier molecular flexibility index (Phi) is 7.60. The fraction of sp³-hybridized carbons (Fsp3) is 0.350. The van der Waals surface area contributed by atoms with Crippen LogP contribution in [-0.2, 0) is 9.59 Å². The Bertz CT molecular complexity index is 786. The molecule has 0 spiro atoms. The summed E-state index contributed by atoms with van der Waals surface area (Å²) in [5.74, 6) is -0.815. The zero-order valence-electron chi connectivity index (χ0n) is 15.6. The van der Waals surface area contributed by atoms with E-state index in [2.05, 4.69) is 0 Å². The first-order valence-electron chi connectivity index (χ1n) is 8.37. The van der Waals surface area contributed by atoms with Crippen LogP contribution in [0.5, 0.6) is 0 Å². The van der Waals surface area contributed by atoms with Crippen LogP contribution in [0.15, 0.2) is 41.0 Å². The van der Waals surface area contributed by atoms with Gasteiger partial charge in [-0.05, 0) is 42.7 Å². The van der Waals surface area contributed by atoms with Gasteiger partial charge in [-0.1, -0.05) is 25.5 Å². The lowest BCUT2D eigenvalue weighted by atomic mass is 9.93. The summed E-state index contributed by atoms with van der Waals surface area (Å²) in [6.45, 7) is 3.99. The van der Waals surface area contributed by atoms with E-state index in [0.717, 1.165) is 24.1 Å². The lowest BCUT2D eigenvalue weighted by Gasteiger charge is -2.27. The molecule has 0 aromatic heterocycles. The van der Waals surface area contributed by atoms with E-state index in [1.807, 2.05) is 56.3 Å². The van der Waals surface area contributed by atoms with Crippen molar-refractivity contribution in [2.45, 2.75) is 26.7 Å². The van der Waals surface area contributed by atoms with E-state index in [1.54, 1.807) is 13.0 Å². The van der Waals surface area contributed by atoms with Gasteiger partial charge in [0, 0.05) is 31.9 Å². The van der Waals surface area contributed by atoms with Crippen molar-refractivity contribution in [2.75, 3.05) is 25.5 Å². The van der Waals surface area contributed by atoms with Gasteiger partial charge in [0.15, 0.2) is 0 Å². The van der Waals surface area contributed by atoms with Crippen LogP contribution in [0.3, 0.4) is 0 Å². The Morgan fingerprint density at radius 3 is 2.27 bits per heavy atom. The summed E-state index contributed by atoms with van der Waals surface area (Å²) in [7, 11) is 3.92. The van der Waals surface area contributed by atoms with Gasteiger partial charge in [0.25, 0.3) is 11.8 Å². The van der Waals surface area contributed by atoms with Crippen LogP contribution in [0.1, 0.15) is 32.3 Å². The number of halogens is 1. The molecule has 2 amide bonds. The summed E-state index contributed by atoms with van der Waals surface area (Å²) >= 11 is 0. The zero-order chi connectivity index (χ0) is 18.6. The van der Waals surface area contributed by atoms with Crippen LogP contribution in [0, 0.1) is 11.3 Å². The van der Waals surface area contributed by atoms with Gasteiger partial charge < -0.3 is 4.90 Å². The number of carbonyl (C=O) groups is 2. The molecule has 138 valence electrons. The Morgan fingerprint density at radius 1 is 1.15 bits per heavy atom. The van der Waals surface area contributed by atoms with Crippen molar-refractivity contribution >= 4 is 36.0 Å². The molecule has 0 radical (unpaired) electrons. The standard InChI is InChI=1S/C20H23N3O2.ClH/c1-5-6-11-23-19(24)17(14(2)18(13-21)20(23)25)12-15-7-9-16(10-8-15)22(3)4;/h7-10,12H,5-6,11H2,1-4H3;1H/b17-12-;. The molecule has 0 N–H and O–H groups in total. The molecular formula is C20H24ClN3O2. The number of carbonyl (C=O) groups excluding carboxylic acids is 2. The van der Waals surface area contributed by atoms with Crippen molar-refractivity contribution < 1.29 is 9.59 Å². The number of rotatable bonds is 5. The Hall–Kier alpha value is -2.58. The molecule has 0 atom stereocenters. The highest BCUT2D eigenvalue weighted by Crippen LogP contribution is 2.27. The smallest absolute Gasteiger partial charge is 0.271 e. The minimum absolute atomic E-state index is 0. The summed E-state index contributed by atoms with van der Waals surface area (Å²) in [6.07, 6.45) is 3.34. The van der Waals surface area contributed by atoms with E-state index in [-0.39, 0.29) is 23.9 Å². The van der Waals surface area contributed by atoms with Crippen molar-refractivity contribution in [1.29, 1.82) is 5.26 Å². The number of hydrogen-bond acceptors (Lipinski definition) is 4. The summed E-state index contributed by atoms with van der Waals surface area (Å²) < 4.78 is 0. The molecular weight excluding hydrogens is 350 g/mol. The van der Waals surface area contributed by atoms with Crippen molar-refractivity contribution in [3.63, 3.8) is 0 Å².